The van der Waals surface area contributed by atoms with Gasteiger partial charge in [-0.1, -0.05) is 6.07 Å². The van der Waals surface area contributed by atoms with E-state index in [1.54, 1.807) is 24.5 Å². The number of amides is 2. The van der Waals surface area contributed by atoms with Crippen LogP contribution in [0.4, 0.5) is 5.69 Å². The molecule has 0 atom stereocenters. The number of pyridine rings is 1. The number of methoxy groups -OCH3 is 3. The van der Waals surface area contributed by atoms with Gasteiger partial charge in [0.1, 0.15) is 0 Å². The molecular formula is C18H19N3O6. The number of anilines is 1. The number of nitrogens with zero attached hydrogens (tertiary/aromatic N) is 1. The maximum Gasteiger partial charge on any atom is 0.340 e. The molecule has 9 heteroatoms. The van der Waals surface area contributed by atoms with Crippen molar-refractivity contribution in [2.45, 2.75) is 6.54 Å². The Labute approximate surface area is 155 Å². The second-order valence-corrected chi connectivity index (χ2v) is 5.24. The van der Waals surface area contributed by atoms with E-state index in [-0.39, 0.29) is 29.3 Å². The molecule has 1 heterocycles. The highest BCUT2D eigenvalue weighted by Crippen LogP contribution is 2.33. The monoisotopic (exact) mass is 373 g/mol. The molecule has 0 aliphatic rings. The number of benzene rings is 1. The molecule has 0 spiro atoms. The minimum Gasteiger partial charge on any atom is -0.493 e. The van der Waals surface area contributed by atoms with Crippen LogP contribution in [0.2, 0.25) is 0 Å². The summed E-state index contributed by atoms with van der Waals surface area (Å²) in [5, 5.41) is 4.85. The van der Waals surface area contributed by atoms with Crippen LogP contribution >= 0.6 is 0 Å². The van der Waals surface area contributed by atoms with Crippen molar-refractivity contribution in [3.8, 4) is 11.5 Å². The summed E-state index contributed by atoms with van der Waals surface area (Å²) < 4.78 is 15.0. The lowest BCUT2D eigenvalue weighted by molar-refractivity contribution is -0.136. The highest BCUT2D eigenvalue weighted by atomic mass is 16.5. The van der Waals surface area contributed by atoms with E-state index in [9.17, 15) is 14.4 Å². The first-order valence-corrected chi connectivity index (χ1v) is 7.82. The molecule has 2 rings (SSSR count). The number of rotatable bonds is 6. The smallest absolute Gasteiger partial charge is 0.340 e. The number of aromatic nitrogens is 1. The Bertz CT molecular complexity index is 838. The van der Waals surface area contributed by atoms with Gasteiger partial charge < -0.3 is 24.8 Å². The first kappa shape index (κ1) is 19.7. The molecule has 0 bridgehead atoms. The van der Waals surface area contributed by atoms with Gasteiger partial charge in [0, 0.05) is 31.1 Å². The van der Waals surface area contributed by atoms with Gasteiger partial charge in [0.25, 0.3) is 0 Å². The summed E-state index contributed by atoms with van der Waals surface area (Å²) in [6.07, 6.45) is 3.17. The third kappa shape index (κ3) is 4.94. The van der Waals surface area contributed by atoms with Crippen molar-refractivity contribution < 1.29 is 28.6 Å². The predicted octanol–water partition coefficient (Wildman–Crippen LogP) is 1.14. The molecule has 0 saturated carbocycles. The van der Waals surface area contributed by atoms with Gasteiger partial charge in [-0.15, -0.1) is 0 Å². The van der Waals surface area contributed by atoms with Crippen molar-refractivity contribution in [2.24, 2.45) is 0 Å². The molecule has 0 fully saturated rings. The maximum absolute atomic E-state index is 12.2. The Morgan fingerprint density at radius 3 is 2.33 bits per heavy atom. The summed E-state index contributed by atoms with van der Waals surface area (Å²) in [5.74, 6) is -1.98. The largest absolute Gasteiger partial charge is 0.493 e. The Hall–Kier alpha value is -3.62. The number of carbonyl (C=O) groups excluding carboxylic acids is 3. The van der Waals surface area contributed by atoms with E-state index in [0.717, 1.165) is 5.56 Å². The van der Waals surface area contributed by atoms with Gasteiger partial charge in [-0.25, -0.2) is 4.79 Å². The van der Waals surface area contributed by atoms with Gasteiger partial charge in [-0.05, 0) is 11.6 Å². The average molecular weight is 373 g/mol. The van der Waals surface area contributed by atoms with E-state index >= 15 is 0 Å². The van der Waals surface area contributed by atoms with Gasteiger partial charge in [-0.2, -0.15) is 0 Å². The molecule has 2 aromatic rings. The van der Waals surface area contributed by atoms with Crippen molar-refractivity contribution in [3.05, 3.63) is 47.8 Å². The highest BCUT2D eigenvalue weighted by Gasteiger charge is 2.21. The molecule has 0 radical (unpaired) electrons. The molecule has 2 amide bonds. The molecule has 0 saturated heterocycles. The van der Waals surface area contributed by atoms with Crippen LogP contribution < -0.4 is 20.1 Å². The first-order valence-electron chi connectivity index (χ1n) is 7.82. The fourth-order valence-electron chi connectivity index (χ4n) is 2.21. The topological polar surface area (TPSA) is 116 Å². The Morgan fingerprint density at radius 1 is 1.04 bits per heavy atom. The Balaban J connectivity index is 2.17. The summed E-state index contributed by atoms with van der Waals surface area (Å²) in [4.78, 5) is 40.1. The van der Waals surface area contributed by atoms with Gasteiger partial charge in [0.15, 0.2) is 11.5 Å². The molecule has 1 aromatic heterocycles. The zero-order chi connectivity index (χ0) is 19.8. The molecular weight excluding hydrogens is 354 g/mol. The van der Waals surface area contributed by atoms with Crippen LogP contribution in [-0.4, -0.2) is 44.1 Å². The second-order valence-electron chi connectivity index (χ2n) is 5.24. The molecule has 1 aromatic carbocycles. The number of hydrogen-bond acceptors (Lipinski definition) is 7. The summed E-state index contributed by atoms with van der Waals surface area (Å²) in [6.45, 7) is 0.135. The number of nitrogens with one attached hydrogen (secondary N) is 2. The van der Waals surface area contributed by atoms with Crippen LogP contribution in [0, 0.1) is 0 Å². The Kier molecular flexibility index (Phi) is 6.70. The van der Waals surface area contributed by atoms with Crippen molar-refractivity contribution in [2.75, 3.05) is 26.6 Å². The highest BCUT2D eigenvalue weighted by molar-refractivity contribution is 6.40. The number of carbonyl (C=O) groups is 3. The number of esters is 1. The summed E-state index contributed by atoms with van der Waals surface area (Å²) in [5.41, 5.74) is 0.810. The van der Waals surface area contributed by atoms with Crippen LogP contribution in [0.1, 0.15) is 15.9 Å². The molecule has 9 nitrogen and oxygen atoms in total. The first-order chi connectivity index (χ1) is 13.0. The Morgan fingerprint density at radius 2 is 1.74 bits per heavy atom. The number of ether oxygens (including phenoxy) is 3. The van der Waals surface area contributed by atoms with Gasteiger partial charge in [-0.3, -0.25) is 14.6 Å². The van der Waals surface area contributed by atoms with Gasteiger partial charge >= 0.3 is 17.8 Å². The van der Waals surface area contributed by atoms with Crippen LogP contribution in [0.3, 0.4) is 0 Å². The van der Waals surface area contributed by atoms with E-state index in [1.807, 2.05) is 0 Å². The lowest BCUT2D eigenvalue weighted by Gasteiger charge is -2.14. The second kappa shape index (κ2) is 9.18. The maximum atomic E-state index is 12.2. The molecule has 2 N–H and O–H groups in total. The summed E-state index contributed by atoms with van der Waals surface area (Å²) in [7, 11) is 4.01. The van der Waals surface area contributed by atoms with Crippen LogP contribution in [0.15, 0.2) is 36.7 Å². The molecule has 142 valence electrons. The standard InChI is InChI=1S/C18H19N3O6/c1-25-14-7-12(18(24)27-3)13(8-15(14)26-2)21-17(23)16(22)20-10-11-5-4-6-19-9-11/h4-9H,10H2,1-3H3,(H,20,22)(H,21,23). The molecule has 0 unspecified atom stereocenters. The summed E-state index contributed by atoms with van der Waals surface area (Å²) in [6, 6.07) is 6.20. The SMILES string of the molecule is COC(=O)c1cc(OC)c(OC)cc1NC(=O)C(=O)NCc1cccnc1. The zero-order valence-corrected chi connectivity index (χ0v) is 15.1. The minimum atomic E-state index is -0.948. The predicted molar refractivity (Wildman–Crippen MR) is 95.6 cm³/mol. The number of hydrogen-bond donors (Lipinski definition) is 2. The third-order valence-corrected chi connectivity index (χ3v) is 3.56. The van der Waals surface area contributed by atoms with Crippen molar-refractivity contribution in [3.63, 3.8) is 0 Å². The van der Waals surface area contributed by atoms with Crippen molar-refractivity contribution in [1.82, 2.24) is 10.3 Å². The van der Waals surface area contributed by atoms with Crippen LogP contribution in [0.5, 0.6) is 11.5 Å². The summed E-state index contributed by atoms with van der Waals surface area (Å²) >= 11 is 0. The lowest BCUT2D eigenvalue weighted by Crippen LogP contribution is -2.35. The minimum absolute atomic E-state index is 0.0172. The van der Waals surface area contributed by atoms with E-state index in [1.165, 1.54) is 33.5 Å². The lowest BCUT2D eigenvalue weighted by atomic mass is 10.1. The van der Waals surface area contributed by atoms with E-state index in [2.05, 4.69) is 15.6 Å². The fourth-order valence-corrected chi connectivity index (χ4v) is 2.21. The van der Waals surface area contributed by atoms with E-state index < -0.39 is 17.8 Å². The van der Waals surface area contributed by atoms with Crippen molar-refractivity contribution >= 4 is 23.5 Å². The average Bonchev–Trinajstić information content (AvgIpc) is 2.71. The van der Waals surface area contributed by atoms with E-state index in [4.69, 9.17) is 14.2 Å². The third-order valence-electron chi connectivity index (χ3n) is 3.56. The van der Waals surface area contributed by atoms with E-state index in [0.29, 0.717) is 0 Å². The quantitative estimate of drug-likeness (QED) is 0.576. The molecule has 27 heavy (non-hydrogen) atoms. The fraction of sp³-hybridized carbons (Fsp3) is 0.222. The van der Waals surface area contributed by atoms with Crippen LogP contribution in [0.25, 0.3) is 0 Å². The molecule has 0 aliphatic carbocycles. The zero-order valence-electron chi connectivity index (χ0n) is 15.1. The van der Waals surface area contributed by atoms with Crippen LogP contribution in [-0.2, 0) is 20.9 Å². The van der Waals surface area contributed by atoms with Gasteiger partial charge in [0.05, 0.1) is 32.6 Å². The normalized spacial score (nSPS) is 9.89. The van der Waals surface area contributed by atoms with Crippen molar-refractivity contribution in [1.29, 1.82) is 0 Å². The van der Waals surface area contributed by atoms with Gasteiger partial charge in [0.2, 0.25) is 0 Å². The molecule has 0 aliphatic heterocycles.